The Morgan fingerprint density at radius 3 is 2.71 bits per heavy atom. The Bertz CT molecular complexity index is 1320. The summed E-state index contributed by atoms with van der Waals surface area (Å²) in [4.78, 5) is 21.2. The first kappa shape index (κ1) is 20.9. The minimum Gasteiger partial charge on any atom is -0.268 e. The lowest BCUT2D eigenvalue weighted by Crippen LogP contribution is -2.26. The molecule has 31 heavy (non-hydrogen) atoms. The molecule has 0 fully saturated rings. The van der Waals surface area contributed by atoms with Gasteiger partial charge in [-0.15, -0.1) is 23.1 Å². The van der Waals surface area contributed by atoms with Crippen molar-refractivity contribution >= 4 is 45.1 Å². The van der Waals surface area contributed by atoms with Crippen LogP contribution < -0.4 is 5.56 Å². The first-order chi connectivity index (χ1) is 14.9. The Morgan fingerprint density at radius 2 is 1.94 bits per heavy atom. The Labute approximate surface area is 194 Å². The Morgan fingerprint density at radius 1 is 1.13 bits per heavy atom. The second kappa shape index (κ2) is 8.15. The molecule has 0 spiro atoms. The van der Waals surface area contributed by atoms with E-state index >= 15 is 0 Å². The van der Waals surface area contributed by atoms with Gasteiger partial charge in [0.1, 0.15) is 4.83 Å². The molecular formula is C25H24N2OS3. The molecule has 0 amide bonds. The van der Waals surface area contributed by atoms with E-state index in [0.29, 0.717) is 0 Å². The van der Waals surface area contributed by atoms with E-state index in [0.717, 1.165) is 44.6 Å². The lowest BCUT2D eigenvalue weighted by molar-refractivity contribution is 0.698. The number of benzene rings is 2. The van der Waals surface area contributed by atoms with Crippen LogP contribution in [0.25, 0.3) is 15.9 Å². The molecule has 0 atom stereocenters. The van der Waals surface area contributed by atoms with Crippen LogP contribution in [-0.2, 0) is 17.9 Å². The number of aryl methyl sites for hydroxylation is 1. The lowest BCUT2D eigenvalue weighted by atomic mass is 10.00. The van der Waals surface area contributed by atoms with Crippen LogP contribution in [0.3, 0.4) is 0 Å². The van der Waals surface area contributed by atoms with Crippen molar-refractivity contribution in [3.63, 3.8) is 0 Å². The molecule has 0 aliphatic carbocycles. The summed E-state index contributed by atoms with van der Waals surface area (Å²) in [5.41, 5.74) is 4.52. The number of aromatic nitrogens is 2. The number of hydrogen-bond acceptors (Lipinski definition) is 5. The van der Waals surface area contributed by atoms with Crippen LogP contribution in [0.5, 0.6) is 0 Å². The van der Waals surface area contributed by atoms with E-state index < -0.39 is 0 Å². The summed E-state index contributed by atoms with van der Waals surface area (Å²) in [6.07, 6.45) is 0.911. The molecule has 0 radical (unpaired) electrons. The summed E-state index contributed by atoms with van der Waals surface area (Å²) < 4.78 is 1.97. The third-order valence-corrected chi connectivity index (χ3v) is 9.22. The minimum absolute atomic E-state index is 0.0614. The van der Waals surface area contributed by atoms with Crippen molar-refractivity contribution in [1.29, 1.82) is 0 Å². The maximum Gasteiger partial charge on any atom is 0.267 e. The third-order valence-electron chi connectivity index (χ3n) is 5.54. The summed E-state index contributed by atoms with van der Waals surface area (Å²) in [5.74, 6) is 1.73. The maximum absolute atomic E-state index is 13.9. The molecule has 0 bridgehead atoms. The standard InChI is InChI=1S/C25H24N2OS3/c1-16-8-7-11-18(12-16)27-23(28)21-19-13-25(2,3)30-15-20(19)31-22(21)26-24(27)29-14-17-9-5-4-6-10-17/h4-12H,13-15H2,1-3H3. The van der Waals surface area contributed by atoms with Crippen molar-refractivity contribution in [1.82, 2.24) is 9.55 Å². The predicted molar refractivity (Wildman–Crippen MR) is 135 cm³/mol. The van der Waals surface area contributed by atoms with Crippen molar-refractivity contribution in [2.75, 3.05) is 0 Å². The molecule has 3 heterocycles. The van der Waals surface area contributed by atoms with E-state index in [-0.39, 0.29) is 10.3 Å². The zero-order valence-electron chi connectivity index (χ0n) is 17.8. The fourth-order valence-electron chi connectivity index (χ4n) is 3.99. The highest BCUT2D eigenvalue weighted by Crippen LogP contribution is 2.44. The molecule has 0 saturated heterocycles. The van der Waals surface area contributed by atoms with Crippen molar-refractivity contribution in [2.45, 2.75) is 48.6 Å². The van der Waals surface area contributed by atoms with Crippen molar-refractivity contribution < 1.29 is 0 Å². The molecule has 6 heteroatoms. The van der Waals surface area contributed by atoms with Gasteiger partial charge in [-0.05, 0) is 42.2 Å². The summed E-state index contributed by atoms with van der Waals surface area (Å²) in [7, 11) is 0. The first-order valence-electron chi connectivity index (χ1n) is 10.4. The number of fused-ring (bicyclic) bond motifs is 3. The zero-order valence-corrected chi connectivity index (χ0v) is 20.3. The molecule has 0 N–H and O–H groups in total. The highest BCUT2D eigenvalue weighted by Gasteiger charge is 2.31. The second-order valence-corrected chi connectivity index (χ2v) is 12.3. The molecule has 5 rings (SSSR count). The number of thioether (sulfide) groups is 2. The van der Waals surface area contributed by atoms with Gasteiger partial charge in [-0.3, -0.25) is 9.36 Å². The molecule has 2 aromatic carbocycles. The molecule has 2 aromatic heterocycles. The van der Waals surface area contributed by atoms with Gasteiger partial charge in [0.2, 0.25) is 0 Å². The first-order valence-corrected chi connectivity index (χ1v) is 13.1. The summed E-state index contributed by atoms with van der Waals surface area (Å²) in [5, 5.41) is 1.58. The molecule has 1 aliphatic rings. The van der Waals surface area contributed by atoms with Gasteiger partial charge in [0.05, 0.1) is 11.1 Å². The summed E-state index contributed by atoms with van der Waals surface area (Å²) in [6.45, 7) is 6.59. The molecule has 0 saturated carbocycles. The number of hydrogen-bond donors (Lipinski definition) is 0. The fraction of sp³-hybridized carbons (Fsp3) is 0.280. The monoisotopic (exact) mass is 464 g/mol. The van der Waals surface area contributed by atoms with E-state index in [1.807, 2.05) is 46.7 Å². The molecule has 3 nitrogen and oxygen atoms in total. The molecular weight excluding hydrogens is 440 g/mol. The SMILES string of the molecule is Cc1cccc(-n2c(SCc3ccccc3)nc3sc4c(c3c2=O)CC(C)(C)SC4)c1. The van der Waals surface area contributed by atoms with Crippen LogP contribution in [0, 0.1) is 6.92 Å². The molecule has 1 aliphatic heterocycles. The number of nitrogens with zero attached hydrogens (tertiary/aromatic N) is 2. The van der Waals surface area contributed by atoms with Crippen LogP contribution in [0.4, 0.5) is 0 Å². The zero-order chi connectivity index (χ0) is 21.6. The third kappa shape index (κ3) is 4.09. The van der Waals surface area contributed by atoms with Gasteiger partial charge in [-0.1, -0.05) is 68.1 Å². The quantitative estimate of drug-likeness (QED) is 0.251. The van der Waals surface area contributed by atoms with E-state index in [1.165, 1.54) is 16.0 Å². The van der Waals surface area contributed by atoms with Crippen LogP contribution in [0.15, 0.2) is 64.5 Å². The number of thiophene rings is 1. The Balaban J connectivity index is 1.69. The van der Waals surface area contributed by atoms with Crippen LogP contribution in [0.2, 0.25) is 0 Å². The Kier molecular flexibility index (Phi) is 5.49. The summed E-state index contributed by atoms with van der Waals surface area (Å²) in [6, 6.07) is 18.5. The predicted octanol–water partition coefficient (Wildman–Crippen LogP) is 6.62. The average Bonchev–Trinajstić information content (AvgIpc) is 3.09. The van der Waals surface area contributed by atoms with Crippen molar-refractivity contribution in [3.05, 3.63) is 86.5 Å². The smallest absolute Gasteiger partial charge is 0.267 e. The molecule has 0 unspecified atom stereocenters. The van der Waals surface area contributed by atoms with Crippen LogP contribution >= 0.6 is 34.9 Å². The van der Waals surface area contributed by atoms with E-state index in [2.05, 4.69) is 45.0 Å². The Hall–Kier alpha value is -2.02. The van der Waals surface area contributed by atoms with Gasteiger partial charge in [0, 0.05) is 21.1 Å². The normalized spacial score (nSPS) is 15.2. The van der Waals surface area contributed by atoms with Gasteiger partial charge in [0.25, 0.3) is 5.56 Å². The van der Waals surface area contributed by atoms with Crippen molar-refractivity contribution in [3.8, 4) is 5.69 Å². The van der Waals surface area contributed by atoms with Gasteiger partial charge < -0.3 is 0 Å². The van der Waals surface area contributed by atoms with Crippen molar-refractivity contribution in [2.24, 2.45) is 0 Å². The topological polar surface area (TPSA) is 34.9 Å². The van der Waals surface area contributed by atoms with E-state index in [9.17, 15) is 4.79 Å². The van der Waals surface area contributed by atoms with Gasteiger partial charge >= 0.3 is 0 Å². The van der Waals surface area contributed by atoms with E-state index in [1.54, 1.807) is 23.1 Å². The van der Waals surface area contributed by atoms with Crippen LogP contribution in [-0.4, -0.2) is 14.3 Å². The van der Waals surface area contributed by atoms with Crippen LogP contribution in [0.1, 0.15) is 35.4 Å². The average molecular weight is 465 g/mol. The highest BCUT2D eigenvalue weighted by molar-refractivity contribution is 8.00. The molecule has 158 valence electrons. The van der Waals surface area contributed by atoms with Gasteiger partial charge in [0.15, 0.2) is 5.16 Å². The number of rotatable bonds is 4. The lowest BCUT2D eigenvalue weighted by Gasteiger charge is -2.28. The van der Waals surface area contributed by atoms with E-state index in [4.69, 9.17) is 4.98 Å². The second-order valence-electron chi connectivity index (χ2n) is 8.56. The summed E-state index contributed by atoms with van der Waals surface area (Å²) >= 11 is 5.29. The minimum atomic E-state index is 0.0614. The van der Waals surface area contributed by atoms with Gasteiger partial charge in [-0.2, -0.15) is 0 Å². The fourth-order valence-corrected chi connectivity index (χ4v) is 7.34. The van der Waals surface area contributed by atoms with Gasteiger partial charge in [-0.25, -0.2) is 4.98 Å². The molecule has 4 aromatic rings. The maximum atomic E-state index is 13.9. The highest BCUT2D eigenvalue weighted by atomic mass is 32.2. The largest absolute Gasteiger partial charge is 0.268 e.